The van der Waals surface area contributed by atoms with Gasteiger partial charge in [-0.15, -0.1) is 0 Å². The molecule has 8 heteroatoms. The molecule has 2 nitrogen and oxygen atoms in total. The number of aliphatic hydroxyl groups excluding tert-OH is 1. The fourth-order valence-electron chi connectivity index (χ4n) is 8.45. The molecule has 0 spiro atoms. The van der Waals surface area contributed by atoms with E-state index in [1.54, 1.807) is 0 Å². The molecule has 0 radical (unpaired) electrons. The van der Waals surface area contributed by atoms with Gasteiger partial charge >= 0.3 is 12.1 Å². The summed E-state index contributed by atoms with van der Waals surface area (Å²) in [6, 6.07) is 5.98. The second kappa shape index (κ2) is 13.7. The van der Waals surface area contributed by atoms with Crippen LogP contribution in [0.25, 0.3) is 0 Å². The number of benzene rings is 1. The van der Waals surface area contributed by atoms with Crippen molar-refractivity contribution in [3.63, 3.8) is 0 Å². The van der Waals surface area contributed by atoms with Crippen molar-refractivity contribution in [1.29, 1.82) is 0 Å². The summed E-state index contributed by atoms with van der Waals surface area (Å²) in [4.78, 5) is 0. The number of fused-ring (bicyclic) bond motifs is 5. The Bertz CT molecular complexity index is 985. The lowest BCUT2D eigenvalue weighted by molar-refractivity contribution is -0.284. The number of phenolic OH excluding ortho intramolecular Hbond substituents is 1. The fraction of sp³-hybridized carbons (Fsp3) is 0.818. The molecule has 41 heavy (non-hydrogen) atoms. The lowest BCUT2D eigenvalue weighted by Crippen LogP contribution is -2.47. The number of hydrogen-bond acceptors (Lipinski definition) is 2. The van der Waals surface area contributed by atoms with E-state index in [2.05, 4.69) is 13.0 Å². The van der Waals surface area contributed by atoms with Crippen LogP contribution in [0.3, 0.4) is 0 Å². The lowest BCUT2D eigenvalue weighted by Gasteiger charge is -2.53. The first-order valence-electron chi connectivity index (χ1n) is 15.9. The summed E-state index contributed by atoms with van der Waals surface area (Å²) in [5.41, 5.74) is 2.80. The molecule has 3 aliphatic rings. The minimum Gasteiger partial charge on any atom is -0.508 e. The molecule has 2 saturated carbocycles. The van der Waals surface area contributed by atoms with Crippen LogP contribution in [0.1, 0.15) is 114 Å². The first-order chi connectivity index (χ1) is 19.3. The molecular weight excluding hydrogens is 555 g/mol. The second-order valence-corrected chi connectivity index (χ2v) is 15.9. The van der Waals surface area contributed by atoms with Gasteiger partial charge in [0.1, 0.15) is 17.3 Å². The summed E-state index contributed by atoms with van der Waals surface area (Å²) in [5, 5.41) is 21.0. The molecule has 0 heterocycles. The third-order valence-electron chi connectivity index (χ3n) is 10.8. The van der Waals surface area contributed by atoms with Gasteiger partial charge in [0.15, 0.2) is 0 Å². The fourth-order valence-corrected chi connectivity index (χ4v) is 9.99. The maximum absolute atomic E-state index is 13.1. The largest absolute Gasteiger partial charge is 0.508 e. The zero-order valence-corrected chi connectivity index (χ0v) is 25.6. The Labute approximate surface area is 246 Å². The van der Waals surface area contributed by atoms with E-state index in [9.17, 15) is 32.2 Å². The molecule has 7 atom stereocenters. The Morgan fingerprint density at radius 1 is 0.902 bits per heavy atom. The van der Waals surface area contributed by atoms with Crippen LogP contribution in [0.4, 0.5) is 22.0 Å². The zero-order valence-electron chi connectivity index (χ0n) is 24.8. The van der Waals surface area contributed by atoms with E-state index < -0.39 is 18.5 Å². The van der Waals surface area contributed by atoms with Crippen molar-refractivity contribution in [2.24, 2.45) is 23.2 Å². The van der Waals surface area contributed by atoms with Crippen molar-refractivity contribution >= 4 is 10.9 Å². The Morgan fingerprint density at radius 2 is 1.56 bits per heavy atom. The molecule has 0 amide bonds. The van der Waals surface area contributed by atoms with E-state index in [1.165, 1.54) is 43.2 Å². The normalized spacial score (nSPS) is 30.5. The molecule has 0 aromatic heterocycles. The molecule has 1 aromatic rings. The zero-order chi connectivity index (χ0) is 29.8. The number of halogens is 5. The van der Waals surface area contributed by atoms with Crippen LogP contribution in [-0.4, -0.2) is 46.2 Å². The first kappa shape index (κ1) is 32.9. The third kappa shape index (κ3) is 7.74. The van der Waals surface area contributed by atoms with Crippen LogP contribution in [0.2, 0.25) is 0 Å². The van der Waals surface area contributed by atoms with Gasteiger partial charge in [-0.25, -0.2) is 0 Å². The average molecular weight is 606 g/mol. The van der Waals surface area contributed by atoms with Crippen molar-refractivity contribution in [3.8, 4) is 5.75 Å². The third-order valence-corrected chi connectivity index (χ3v) is 12.8. The first-order valence-corrected chi connectivity index (χ1v) is 17.8. The summed E-state index contributed by atoms with van der Waals surface area (Å²) in [5.74, 6) is -0.529. The highest BCUT2D eigenvalue weighted by atomic mass is 32.2. The van der Waals surface area contributed by atoms with Gasteiger partial charge in [0.25, 0.3) is 0 Å². The SMILES string of the molecule is C[S+](CCCCCCCCCC1Cc2cc(O)ccc2C2CC[C@@]3(C)C(CC[C@@H]3O)C12)CCCC(F)(F)C(F)(F)F. The van der Waals surface area contributed by atoms with Crippen molar-refractivity contribution < 1.29 is 32.2 Å². The van der Waals surface area contributed by atoms with Gasteiger partial charge in [0, 0.05) is 6.42 Å². The molecule has 4 rings (SSSR count). The molecular formula is C33H50F5O2S+. The number of alkyl halides is 5. The van der Waals surface area contributed by atoms with Gasteiger partial charge < -0.3 is 10.2 Å². The van der Waals surface area contributed by atoms with E-state index in [0.29, 0.717) is 35.2 Å². The van der Waals surface area contributed by atoms with Gasteiger partial charge in [-0.2, -0.15) is 22.0 Å². The van der Waals surface area contributed by atoms with Crippen LogP contribution < -0.4 is 0 Å². The Morgan fingerprint density at radius 3 is 2.27 bits per heavy atom. The lowest BCUT2D eigenvalue weighted by atomic mass is 9.52. The number of aliphatic hydroxyl groups is 1. The molecule has 0 saturated heterocycles. The molecule has 0 bridgehead atoms. The Hall–Kier alpha value is -1.02. The molecule has 1 aromatic carbocycles. The average Bonchev–Trinajstić information content (AvgIpc) is 3.20. The maximum atomic E-state index is 13.1. The van der Waals surface area contributed by atoms with Crippen LogP contribution in [-0.2, 0) is 17.3 Å². The van der Waals surface area contributed by atoms with Crippen molar-refractivity contribution in [2.75, 3.05) is 17.8 Å². The number of hydrogen-bond donors (Lipinski definition) is 2. The summed E-state index contributed by atoms with van der Waals surface area (Å²) in [6.45, 7) is 2.32. The van der Waals surface area contributed by atoms with Gasteiger partial charge in [-0.05, 0) is 121 Å². The highest BCUT2D eigenvalue weighted by Gasteiger charge is 2.57. The molecule has 3 aliphatic carbocycles. The predicted molar refractivity (Wildman–Crippen MR) is 158 cm³/mol. The van der Waals surface area contributed by atoms with E-state index in [-0.39, 0.29) is 28.8 Å². The monoisotopic (exact) mass is 605 g/mol. The van der Waals surface area contributed by atoms with Crippen molar-refractivity contribution in [2.45, 2.75) is 127 Å². The number of aromatic hydroxyl groups is 1. The molecule has 2 N–H and O–H groups in total. The van der Waals surface area contributed by atoms with Gasteiger partial charge in [0.05, 0.1) is 12.4 Å². The molecule has 234 valence electrons. The maximum Gasteiger partial charge on any atom is 0.453 e. The summed E-state index contributed by atoms with van der Waals surface area (Å²) in [7, 11) is -0.105. The Balaban J connectivity index is 1.15. The van der Waals surface area contributed by atoms with Crippen molar-refractivity contribution in [3.05, 3.63) is 29.3 Å². The Kier molecular flexibility index (Phi) is 11.0. The van der Waals surface area contributed by atoms with Crippen LogP contribution >= 0.6 is 0 Å². The van der Waals surface area contributed by atoms with Crippen molar-refractivity contribution in [1.82, 2.24) is 0 Å². The van der Waals surface area contributed by atoms with E-state index in [0.717, 1.165) is 57.1 Å². The molecule has 5 unspecified atom stereocenters. The minimum absolute atomic E-state index is 0.0417. The second-order valence-electron chi connectivity index (χ2n) is 13.5. The van der Waals surface area contributed by atoms with E-state index >= 15 is 0 Å². The highest BCUT2D eigenvalue weighted by Crippen LogP contribution is 2.62. The standard InChI is InChI=1S/C33H49F5O2S/c1-31-18-16-27-26-13-12-25(39)22-24(26)21-23(30(27)28(31)14-15-29(31)40)11-8-6-4-3-5-7-9-19-41(2)20-10-17-32(34,35)33(36,37)38/h12-13,22-23,27-30,40H,3-11,14-21H2,1-2H3/p+1/t23?,27?,28?,29-,30?,31-,41?/m0/s1. The van der Waals surface area contributed by atoms with Gasteiger partial charge in [-0.3, -0.25) is 0 Å². The highest BCUT2D eigenvalue weighted by molar-refractivity contribution is 7.96. The number of phenols is 1. The van der Waals surface area contributed by atoms with Gasteiger partial charge in [-0.1, -0.05) is 45.1 Å². The number of unbranched alkanes of at least 4 members (excludes halogenated alkanes) is 6. The molecule has 2 fully saturated rings. The van der Waals surface area contributed by atoms with E-state index in [1.807, 2.05) is 18.4 Å². The van der Waals surface area contributed by atoms with Crippen LogP contribution in [0.15, 0.2) is 18.2 Å². The van der Waals surface area contributed by atoms with Gasteiger partial charge in [0.2, 0.25) is 0 Å². The number of rotatable bonds is 14. The quantitative estimate of drug-likeness (QED) is 0.126. The summed E-state index contributed by atoms with van der Waals surface area (Å²) >= 11 is 0. The molecule has 0 aliphatic heterocycles. The smallest absolute Gasteiger partial charge is 0.453 e. The predicted octanol–water partition coefficient (Wildman–Crippen LogP) is 9.18. The van der Waals surface area contributed by atoms with E-state index in [4.69, 9.17) is 0 Å². The summed E-state index contributed by atoms with van der Waals surface area (Å²) in [6.07, 6.45) is 9.68. The van der Waals surface area contributed by atoms with Crippen LogP contribution in [0, 0.1) is 23.2 Å². The summed E-state index contributed by atoms with van der Waals surface area (Å²) < 4.78 is 63.0. The minimum atomic E-state index is -5.44. The topological polar surface area (TPSA) is 40.5 Å². The van der Waals surface area contributed by atoms with Crippen LogP contribution in [0.5, 0.6) is 5.75 Å².